The summed E-state index contributed by atoms with van der Waals surface area (Å²) in [5, 5.41) is 4.10. The second kappa shape index (κ2) is 6.38. The van der Waals surface area contributed by atoms with Crippen LogP contribution in [0.1, 0.15) is 63.7 Å². The Morgan fingerprint density at radius 1 is 1.55 bits per heavy atom. The van der Waals surface area contributed by atoms with Crippen molar-refractivity contribution in [2.75, 3.05) is 6.61 Å². The van der Waals surface area contributed by atoms with Gasteiger partial charge in [0, 0.05) is 13.0 Å². The van der Waals surface area contributed by atoms with Gasteiger partial charge in [-0.2, -0.15) is 4.98 Å². The Morgan fingerprint density at radius 3 is 2.85 bits per heavy atom. The maximum absolute atomic E-state index is 5.99. The fourth-order valence-corrected chi connectivity index (χ4v) is 2.72. The lowest BCUT2D eigenvalue weighted by atomic mass is 9.79. The number of aromatic nitrogens is 2. The van der Waals surface area contributed by atoms with E-state index < -0.39 is 11.6 Å². The molecular formula is C15H23N3O2. The van der Waals surface area contributed by atoms with Gasteiger partial charge in [-0.05, 0) is 38.5 Å². The number of ether oxygens (including phenoxy) is 1. The number of nitrogens with zero attached hydrogens (tertiary/aromatic N) is 2. The van der Waals surface area contributed by atoms with E-state index in [1.54, 1.807) is 0 Å². The van der Waals surface area contributed by atoms with Gasteiger partial charge in [-0.3, -0.25) is 0 Å². The minimum Gasteiger partial charge on any atom is -0.367 e. The van der Waals surface area contributed by atoms with Gasteiger partial charge in [-0.15, -0.1) is 12.3 Å². The van der Waals surface area contributed by atoms with Crippen molar-refractivity contribution < 1.29 is 9.26 Å². The fourth-order valence-electron chi connectivity index (χ4n) is 2.72. The molecule has 0 spiro atoms. The van der Waals surface area contributed by atoms with Crippen molar-refractivity contribution in [1.82, 2.24) is 10.1 Å². The Kier molecular flexibility index (Phi) is 4.79. The smallest absolute Gasteiger partial charge is 0.244 e. The van der Waals surface area contributed by atoms with Gasteiger partial charge in [0.05, 0.1) is 6.04 Å². The first-order chi connectivity index (χ1) is 9.61. The molecule has 1 aromatic heterocycles. The monoisotopic (exact) mass is 277 g/mol. The topological polar surface area (TPSA) is 74.2 Å². The first-order valence-corrected chi connectivity index (χ1v) is 7.28. The molecule has 1 unspecified atom stereocenters. The Balaban J connectivity index is 2.20. The third-order valence-corrected chi connectivity index (χ3v) is 4.01. The molecule has 2 rings (SSSR count). The molecule has 0 aliphatic heterocycles. The van der Waals surface area contributed by atoms with Gasteiger partial charge < -0.3 is 15.0 Å². The van der Waals surface area contributed by atoms with Crippen molar-refractivity contribution in [2.24, 2.45) is 11.7 Å². The average Bonchev–Trinajstić information content (AvgIpc) is 2.92. The summed E-state index contributed by atoms with van der Waals surface area (Å²) in [5.41, 5.74) is 5.49. The Bertz CT molecular complexity index is 470. The molecular weight excluding hydrogens is 254 g/mol. The summed E-state index contributed by atoms with van der Waals surface area (Å²) in [6, 6.07) is -0.401. The second-order valence-corrected chi connectivity index (χ2v) is 5.58. The number of terminal acetylenes is 1. The van der Waals surface area contributed by atoms with Crippen molar-refractivity contribution in [2.45, 2.75) is 57.6 Å². The van der Waals surface area contributed by atoms with Crippen molar-refractivity contribution in [3.8, 4) is 12.3 Å². The number of rotatable bonds is 5. The lowest BCUT2D eigenvalue weighted by molar-refractivity contribution is -0.0847. The summed E-state index contributed by atoms with van der Waals surface area (Å²) < 4.78 is 11.3. The minimum atomic E-state index is -0.418. The number of hydrogen-bond acceptors (Lipinski definition) is 5. The van der Waals surface area contributed by atoms with E-state index in [-0.39, 0.29) is 0 Å². The molecule has 1 saturated carbocycles. The maximum Gasteiger partial charge on any atom is 0.244 e. The highest BCUT2D eigenvalue weighted by Gasteiger charge is 2.41. The van der Waals surface area contributed by atoms with Crippen LogP contribution < -0.4 is 5.73 Å². The predicted octanol–water partition coefficient (Wildman–Crippen LogP) is 2.53. The zero-order valence-corrected chi connectivity index (χ0v) is 12.3. The molecule has 2 N–H and O–H groups in total. The highest BCUT2D eigenvalue weighted by molar-refractivity contribution is 5.06. The van der Waals surface area contributed by atoms with Crippen LogP contribution in [0.3, 0.4) is 0 Å². The van der Waals surface area contributed by atoms with Gasteiger partial charge >= 0.3 is 0 Å². The summed E-state index contributed by atoms with van der Waals surface area (Å²) in [4.78, 5) is 4.44. The summed E-state index contributed by atoms with van der Waals surface area (Å²) in [6.45, 7) is 4.89. The van der Waals surface area contributed by atoms with E-state index in [0.717, 1.165) is 31.6 Å². The average molecular weight is 277 g/mol. The Labute approximate surface area is 120 Å². The maximum atomic E-state index is 5.99. The molecule has 1 atom stereocenters. The van der Waals surface area contributed by atoms with Gasteiger partial charge in [0.2, 0.25) is 11.7 Å². The molecule has 1 fully saturated rings. The molecule has 0 saturated heterocycles. The van der Waals surface area contributed by atoms with Crippen molar-refractivity contribution in [3.05, 3.63) is 11.7 Å². The molecule has 5 heteroatoms. The van der Waals surface area contributed by atoms with E-state index in [2.05, 4.69) is 23.0 Å². The van der Waals surface area contributed by atoms with Crippen LogP contribution in [-0.4, -0.2) is 16.7 Å². The van der Waals surface area contributed by atoms with Crippen LogP contribution >= 0.6 is 0 Å². The molecule has 0 aromatic carbocycles. The number of nitrogens with two attached hydrogens (primary N) is 1. The third kappa shape index (κ3) is 3.02. The molecule has 20 heavy (non-hydrogen) atoms. The van der Waals surface area contributed by atoms with Crippen LogP contribution in [0, 0.1) is 18.3 Å². The highest BCUT2D eigenvalue weighted by Crippen LogP contribution is 2.41. The zero-order chi connectivity index (χ0) is 14.6. The SMILES string of the molecule is C#CCC(N)c1nc(C2(OCC)CCC(C)CC2)no1. The van der Waals surface area contributed by atoms with E-state index in [1.165, 1.54) is 0 Å². The zero-order valence-electron chi connectivity index (χ0n) is 12.3. The predicted molar refractivity (Wildman–Crippen MR) is 75.6 cm³/mol. The molecule has 0 radical (unpaired) electrons. The quantitative estimate of drug-likeness (QED) is 0.837. The first-order valence-electron chi connectivity index (χ1n) is 7.28. The van der Waals surface area contributed by atoms with Crippen LogP contribution in [0.5, 0.6) is 0 Å². The Morgan fingerprint density at radius 2 is 2.25 bits per heavy atom. The number of hydrogen-bond donors (Lipinski definition) is 1. The molecule has 1 aromatic rings. The molecule has 1 aliphatic rings. The lowest BCUT2D eigenvalue weighted by Gasteiger charge is -2.36. The summed E-state index contributed by atoms with van der Waals surface area (Å²) in [6.07, 6.45) is 9.72. The molecule has 0 bridgehead atoms. The van der Waals surface area contributed by atoms with Crippen LogP contribution in [-0.2, 0) is 10.3 Å². The molecule has 1 heterocycles. The van der Waals surface area contributed by atoms with Gasteiger partial charge in [0.15, 0.2) is 0 Å². The summed E-state index contributed by atoms with van der Waals surface area (Å²) in [7, 11) is 0. The lowest BCUT2D eigenvalue weighted by Crippen LogP contribution is -2.35. The minimum absolute atomic E-state index is 0.389. The highest BCUT2D eigenvalue weighted by atomic mass is 16.5. The molecule has 0 amide bonds. The third-order valence-electron chi connectivity index (χ3n) is 4.01. The first kappa shape index (κ1) is 15.0. The van der Waals surface area contributed by atoms with E-state index >= 15 is 0 Å². The van der Waals surface area contributed by atoms with E-state index in [1.807, 2.05) is 6.92 Å². The molecule has 1 aliphatic carbocycles. The molecule has 110 valence electrons. The summed E-state index contributed by atoms with van der Waals surface area (Å²) >= 11 is 0. The van der Waals surface area contributed by atoms with Crippen LogP contribution in [0.4, 0.5) is 0 Å². The summed E-state index contributed by atoms with van der Waals surface area (Å²) in [5.74, 6) is 4.25. The Hall–Kier alpha value is -1.38. The van der Waals surface area contributed by atoms with Crippen LogP contribution in [0.25, 0.3) is 0 Å². The van der Waals surface area contributed by atoms with Crippen LogP contribution in [0.2, 0.25) is 0 Å². The fraction of sp³-hybridized carbons (Fsp3) is 0.733. The normalized spacial score (nSPS) is 28.0. The van der Waals surface area contributed by atoms with E-state index in [9.17, 15) is 0 Å². The van der Waals surface area contributed by atoms with E-state index in [4.69, 9.17) is 21.4 Å². The second-order valence-electron chi connectivity index (χ2n) is 5.58. The standard InChI is InChI=1S/C15H23N3O2/c1-4-6-12(16)13-17-14(18-20-13)15(19-5-2)9-7-11(3)8-10-15/h1,11-12H,5-10,16H2,2-3H3. The van der Waals surface area contributed by atoms with E-state index in [0.29, 0.717) is 24.7 Å². The van der Waals surface area contributed by atoms with Gasteiger partial charge in [0.25, 0.3) is 0 Å². The van der Waals surface area contributed by atoms with Gasteiger partial charge in [-0.1, -0.05) is 12.1 Å². The largest absolute Gasteiger partial charge is 0.367 e. The van der Waals surface area contributed by atoms with Gasteiger partial charge in [-0.25, -0.2) is 0 Å². The van der Waals surface area contributed by atoms with Crippen LogP contribution in [0.15, 0.2) is 4.52 Å². The van der Waals surface area contributed by atoms with Crippen molar-refractivity contribution >= 4 is 0 Å². The molecule has 5 nitrogen and oxygen atoms in total. The van der Waals surface area contributed by atoms with Crippen molar-refractivity contribution in [3.63, 3.8) is 0 Å². The van der Waals surface area contributed by atoms with Gasteiger partial charge in [0.1, 0.15) is 5.60 Å². The van der Waals surface area contributed by atoms with Crippen molar-refractivity contribution in [1.29, 1.82) is 0 Å².